The molecule has 17 heavy (non-hydrogen) atoms. The highest BCUT2D eigenvalue weighted by Gasteiger charge is 2.32. The number of likely N-dealkylation sites (tertiary alicyclic amines) is 1. The molecular formula is C13H24N2O2. The van der Waals surface area contributed by atoms with Crippen LogP contribution in [0.25, 0.3) is 0 Å². The summed E-state index contributed by atoms with van der Waals surface area (Å²) < 4.78 is 0. The molecule has 1 unspecified atom stereocenters. The molecule has 0 aromatic heterocycles. The molecule has 2 N–H and O–H groups in total. The Hall–Kier alpha value is -1.06. The zero-order chi connectivity index (χ0) is 12.7. The summed E-state index contributed by atoms with van der Waals surface area (Å²) >= 11 is 0. The molecule has 1 atom stereocenters. The highest BCUT2D eigenvalue weighted by Crippen LogP contribution is 2.18. The van der Waals surface area contributed by atoms with E-state index < -0.39 is 0 Å². The Labute approximate surface area is 104 Å². The van der Waals surface area contributed by atoms with Gasteiger partial charge in [0.2, 0.25) is 11.8 Å². The van der Waals surface area contributed by atoms with Crippen molar-refractivity contribution in [3.05, 3.63) is 0 Å². The summed E-state index contributed by atoms with van der Waals surface area (Å²) in [7, 11) is 0. The molecule has 0 aromatic carbocycles. The fraction of sp³-hybridized carbons (Fsp3) is 0.846. The van der Waals surface area contributed by atoms with Crippen molar-refractivity contribution in [3.8, 4) is 0 Å². The zero-order valence-electron chi connectivity index (χ0n) is 10.8. The van der Waals surface area contributed by atoms with Crippen molar-refractivity contribution >= 4 is 11.8 Å². The zero-order valence-corrected chi connectivity index (χ0v) is 10.8. The summed E-state index contributed by atoms with van der Waals surface area (Å²) in [4.78, 5) is 24.3. The van der Waals surface area contributed by atoms with Crippen molar-refractivity contribution in [3.63, 3.8) is 0 Å². The third kappa shape index (κ3) is 4.75. The van der Waals surface area contributed by atoms with Gasteiger partial charge >= 0.3 is 0 Å². The first kappa shape index (κ1) is 14.0. The van der Waals surface area contributed by atoms with Gasteiger partial charge in [-0.1, -0.05) is 39.0 Å². The van der Waals surface area contributed by atoms with Crippen LogP contribution in [0.1, 0.15) is 51.9 Å². The van der Waals surface area contributed by atoms with E-state index in [-0.39, 0.29) is 17.7 Å². The predicted octanol–water partition coefficient (Wildman–Crippen LogP) is 1.68. The number of rotatable bonds is 8. The molecule has 1 fully saturated rings. The summed E-state index contributed by atoms with van der Waals surface area (Å²) in [6.45, 7) is 3.52. The SMILES string of the molecule is CCCCCCCCN1CC(C(N)=O)CC1=O. The molecule has 0 spiro atoms. The molecule has 98 valence electrons. The van der Waals surface area contributed by atoms with E-state index >= 15 is 0 Å². The molecule has 1 aliphatic heterocycles. The maximum Gasteiger partial charge on any atom is 0.223 e. The Bertz CT molecular complexity index is 266. The van der Waals surface area contributed by atoms with Crippen LogP contribution in [0.5, 0.6) is 0 Å². The van der Waals surface area contributed by atoms with Crippen LogP contribution in [0.4, 0.5) is 0 Å². The molecule has 0 aromatic rings. The second kappa shape index (κ2) is 7.30. The second-order valence-electron chi connectivity index (χ2n) is 4.91. The lowest BCUT2D eigenvalue weighted by molar-refractivity contribution is -0.128. The van der Waals surface area contributed by atoms with Crippen LogP contribution >= 0.6 is 0 Å². The minimum absolute atomic E-state index is 0.0855. The van der Waals surface area contributed by atoms with E-state index in [0.717, 1.165) is 13.0 Å². The van der Waals surface area contributed by atoms with Gasteiger partial charge < -0.3 is 10.6 Å². The van der Waals surface area contributed by atoms with Gasteiger partial charge in [-0.25, -0.2) is 0 Å². The van der Waals surface area contributed by atoms with Gasteiger partial charge in [0.15, 0.2) is 0 Å². The molecule has 0 aliphatic carbocycles. The molecule has 2 amide bonds. The Kier molecular flexibility index (Phi) is 6.01. The van der Waals surface area contributed by atoms with E-state index in [1.165, 1.54) is 32.1 Å². The van der Waals surface area contributed by atoms with E-state index in [2.05, 4.69) is 6.92 Å². The van der Waals surface area contributed by atoms with Gasteiger partial charge in [-0.2, -0.15) is 0 Å². The monoisotopic (exact) mass is 240 g/mol. The van der Waals surface area contributed by atoms with E-state index in [9.17, 15) is 9.59 Å². The largest absolute Gasteiger partial charge is 0.369 e. The standard InChI is InChI=1S/C13H24N2O2/c1-2-3-4-5-6-7-8-15-10-11(13(14)17)9-12(15)16/h11H,2-10H2,1H3,(H2,14,17). The first-order valence-electron chi connectivity index (χ1n) is 6.72. The lowest BCUT2D eigenvalue weighted by Gasteiger charge is -2.15. The highest BCUT2D eigenvalue weighted by atomic mass is 16.2. The molecule has 1 rings (SSSR count). The topological polar surface area (TPSA) is 63.4 Å². The van der Waals surface area contributed by atoms with Gasteiger partial charge in [0.1, 0.15) is 0 Å². The number of amides is 2. The van der Waals surface area contributed by atoms with Crippen LogP contribution in [0.2, 0.25) is 0 Å². The van der Waals surface area contributed by atoms with Crippen molar-refractivity contribution in [2.24, 2.45) is 11.7 Å². The third-order valence-corrected chi connectivity index (χ3v) is 3.40. The van der Waals surface area contributed by atoms with Crippen LogP contribution in [-0.4, -0.2) is 29.8 Å². The number of hydrogen-bond acceptors (Lipinski definition) is 2. The van der Waals surface area contributed by atoms with Gasteiger partial charge in [-0.3, -0.25) is 9.59 Å². The van der Waals surface area contributed by atoms with E-state index in [1.54, 1.807) is 4.90 Å². The van der Waals surface area contributed by atoms with Crippen LogP contribution < -0.4 is 5.73 Å². The summed E-state index contributed by atoms with van der Waals surface area (Å²) in [5.74, 6) is -0.520. The minimum Gasteiger partial charge on any atom is -0.369 e. The summed E-state index contributed by atoms with van der Waals surface area (Å²) in [5.41, 5.74) is 5.21. The summed E-state index contributed by atoms with van der Waals surface area (Å²) in [6.07, 6.45) is 7.61. The molecule has 4 nitrogen and oxygen atoms in total. The minimum atomic E-state index is -0.344. The number of nitrogens with two attached hydrogens (primary N) is 1. The molecule has 0 radical (unpaired) electrons. The Morgan fingerprint density at radius 3 is 2.53 bits per heavy atom. The molecule has 0 saturated carbocycles. The molecule has 4 heteroatoms. The number of hydrogen-bond donors (Lipinski definition) is 1. The molecule has 1 aliphatic rings. The fourth-order valence-electron chi connectivity index (χ4n) is 2.26. The fourth-order valence-corrected chi connectivity index (χ4v) is 2.26. The third-order valence-electron chi connectivity index (χ3n) is 3.40. The molecule has 1 heterocycles. The average Bonchev–Trinajstić information content (AvgIpc) is 2.65. The summed E-state index contributed by atoms with van der Waals surface area (Å²) in [5, 5.41) is 0. The maximum atomic E-state index is 11.6. The maximum absolute atomic E-state index is 11.6. The van der Waals surface area contributed by atoms with Crippen LogP contribution in [0, 0.1) is 5.92 Å². The molecule has 1 saturated heterocycles. The van der Waals surface area contributed by atoms with Crippen LogP contribution in [0.15, 0.2) is 0 Å². The quantitative estimate of drug-likeness (QED) is 0.656. The van der Waals surface area contributed by atoms with Gasteiger partial charge in [0, 0.05) is 19.5 Å². The second-order valence-corrected chi connectivity index (χ2v) is 4.91. The number of primary amides is 1. The Morgan fingerprint density at radius 1 is 1.29 bits per heavy atom. The number of carbonyl (C=O) groups is 2. The highest BCUT2D eigenvalue weighted by molar-refractivity contribution is 5.88. The van der Waals surface area contributed by atoms with Crippen molar-refractivity contribution in [1.82, 2.24) is 4.90 Å². The number of unbranched alkanes of at least 4 members (excludes halogenated alkanes) is 5. The lowest BCUT2D eigenvalue weighted by atomic mass is 10.1. The number of carbonyl (C=O) groups excluding carboxylic acids is 2. The predicted molar refractivity (Wildman–Crippen MR) is 67.3 cm³/mol. The van der Waals surface area contributed by atoms with Crippen molar-refractivity contribution in [2.45, 2.75) is 51.9 Å². The van der Waals surface area contributed by atoms with Gasteiger partial charge in [0.05, 0.1) is 5.92 Å². The Balaban J connectivity index is 2.11. The molecule has 0 bridgehead atoms. The smallest absolute Gasteiger partial charge is 0.223 e. The van der Waals surface area contributed by atoms with Crippen molar-refractivity contribution < 1.29 is 9.59 Å². The lowest BCUT2D eigenvalue weighted by Crippen LogP contribution is -2.29. The first-order chi connectivity index (χ1) is 8.15. The average molecular weight is 240 g/mol. The van der Waals surface area contributed by atoms with Crippen LogP contribution in [-0.2, 0) is 9.59 Å². The van der Waals surface area contributed by atoms with E-state index in [1.807, 2.05) is 0 Å². The van der Waals surface area contributed by atoms with Gasteiger partial charge in [-0.15, -0.1) is 0 Å². The summed E-state index contributed by atoms with van der Waals surface area (Å²) in [6, 6.07) is 0. The normalized spacial score (nSPS) is 19.9. The van der Waals surface area contributed by atoms with E-state index in [4.69, 9.17) is 5.73 Å². The number of nitrogens with zero attached hydrogens (tertiary/aromatic N) is 1. The molecular weight excluding hydrogens is 216 g/mol. The van der Waals surface area contributed by atoms with Gasteiger partial charge in [0.25, 0.3) is 0 Å². The van der Waals surface area contributed by atoms with Gasteiger partial charge in [-0.05, 0) is 6.42 Å². The van der Waals surface area contributed by atoms with Crippen molar-refractivity contribution in [2.75, 3.05) is 13.1 Å². The first-order valence-corrected chi connectivity index (χ1v) is 6.72. The van der Waals surface area contributed by atoms with Crippen LogP contribution in [0.3, 0.4) is 0 Å². The Morgan fingerprint density at radius 2 is 1.94 bits per heavy atom. The van der Waals surface area contributed by atoms with E-state index in [0.29, 0.717) is 13.0 Å². The van der Waals surface area contributed by atoms with Crippen molar-refractivity contribution in [1.29, 1.82) is 0 Å².